The van der Waals surface area contributed by atoms with Crippen LogP contribution in [0.3, 0.4) is 0 Å². The van der Waals surface area contributed by atoms with Crippen LogP contribution in [0.4, 0.5) is 5.69 Å². The lowest BCUT2D eigenvalue weighted by Crippen LogP contribution is -2.14. The number of para-hydroxylation sites is 1. The molecule has 0 aliphatic carbocycles. The van der Waals surface area contributed by atoms with Gasteiger partial charge in [0.1, 0.15) is 0 Å². The molecule has 0 unspecified atom stereocenters. The molecule has 0 radical (unpaired) electrons. The van der Waals surface area contributed by atoms with E-state index in [1.807, 2.05) is 55.5 Å². The van der Waals surface area contributed by atoms with Gasteiger partial charge in [0, 0.05) is 32.3 Å². The van der Waals surface area contributed by atoms with Crippen LogP contribution < -0.4 is 5.32 Å². The summed E-state index contributed by atoms with van der Waals surface area (Å²) in [5.74, 6) is 0.0906. The van der Waals surface area contributed by atoms with E-state index in [2.05, 4.69) is 26.2 Å². The number of aryl methyl sites for hydroxylation is 1. The molecule has 0 saturated carbocycles. The molecular formula is C17H15BrN2O. The van der Waals surface area contributed by atoms with Crippen LogP contribution in [0.25, 0.3) is 10.9 Å². The molecule has 0 bridgehead atoms. The first-order valence-corrected chi connectivity index (χ1v) is 7.54. The summed E-state index contributed by atoms with van der Waals surface area (Å²) >= 11 is 3.39. The van der Waals surface area contributed by atoms with E-state index in [-0.39, 0.29) is 12.3 Å². The highest BCUT2D eigenvalue weighted by Crippen LogP contribution is 2.22. The van der Waals surface area contributed by atoms with E-state index in [1.165, 1.54) is 0 Å². The molecule has 3 aromatic rings. The van der Waals surface area contributed by atoms with Crippen molar-refractivity contribution in [1.29, 1.82) is 0 Å². The number of carbonyl (C=O) groups excluding carboxylic acids is 1. The van der Waals surface area contributed by atoms with Gasteiger partial charge in [-0.25, -0.2) is 0 Å². The molecular weight excluding hydrogens is 328 g/mol. The number of halogens is 1. The van der Waals surface area contributed by atoms with Crippen LogP contribution in [0.1, 0.15) is 16.1 Å². The van der Waals surface area contributed by atoms with Crippen molar-refractivity contribution >= 4 is 38.3 Å². The molecule has 4 heteroatoms. The van der Waals surface area contributed by atoms with Crippen LogP contribution in [-0.4, -0.2) is 17.3 Å². The first-order chi connectivity index (χ1) is 10.1. The summed E-state index contributed by atoms with van der Waals surface area (Å²) in [5.41, 5.74) is 3.63. The van der Waals surface area contributed by atoms with Crippen LogP contribution >= 0.6 is 15.9 Å². The summed E-state index contributed by atoms with van der Waals surface area (Å²) in [7, 11) is 0. The topological polar surface area (TPSA) is 44.9 Å². The Hall–Kier alpha value is -2.07. The number of rotatable bonds is 4. The molecule has 0 saturated heterocycles. The maximum atomic E-state index is 12.5. The van der Waals surface area contributed by atoms with Gasteiger partial charge in [0.25, 0.3) is 0 Å². The monoisotopic (exact) mass is 342 g/mol. The molecule has 0 aliphatic rings. The van der Waals surface area contributed by atoms with Gasteiger partial charge in [-0.05, 0) is 37.3 Å². The van der Waals surface area contributed by atoms with Crippen LogP contribution in [-0.2, 0) is 0 Å². The van der Waals surface area contributed by atoms with Crippen LogP contribution in [0, 0.1) is 6.92 Å². The Morgan fingerprint density at radius 1 is 1.14 bits per heavy atom. The number of H-pyrrole nitrogens is 1. The molecule has 3 rings (SSSR count). The molecule has 1 aromatic heterocycles. The predicted octanol–water partition coefficient (Wildman–Crippen LogP) is 4.53. The van der Waals surface area contributed by atoms with Crippen molar-refractivity contribution in [3.63, 3.8) is 0 Å². The first-order valence-electron chi connectivity index (χ1n) is 6.75. The van der Waals surface area contributed by atoms with Gasteiger partial charge in [0.2, 0.25) is 0 Å². The Labute approximate surface area is 131 Å². The molecule has 0 aliphatic heterocycles. The number of aromatic nitrogens is 1. The van der Waals surface area contributed by atoms with E-state index < -0.39 is 0 Å². The number of hydrogen-bond acceptors (Lipinski definition) is 2. The Morgan fingerprint density at radius 2 is 1.86 bits per heavy atom. The Kier molecular flexibility index (Phi) is 3.80. The summed E-state index contributed by atoms with van der Waals surface area (Å²) in [6, 6.07) is 15.7. The van der Waals surface area contributed by atoms with Gasteiger partial charge in [0.15, 0.2) is 5.78 Å². The fourth-order valence-electron chi connectivity index (χ4n) is 2.47. The molecule has 0 spiro atoms. The van der Waals surface area contributed by atoms with Gasteiger partial charge in [-0.3, -0.25) is 4.79 Å². The van der Waals surface area contributed by atoms with E-state index in [4.69, 9.17) is 0 Å². The number of benzene rings is 2. The molecule has 1 heterocycles. The number of hydrogen-bond donors (Lipinski definition) is 2. The zero-order valence-electron chi connectivity index (χ0n) is 11.6. The Bertz CT molecular complexity index is 790. The second-order valence-corrected chi connectivity index (χ2v) is 5.87. The third-order valence-electron chi connectivity index (χ3n) is 3.47. The van der Waals surface area contributed by atoms with Gasteiger partial charge < -0.3 is 10.3 Å². The molecule has 0 atom stereocenters. The third-order valence-corrected chi connectivity index (χ3v) is 4.00. The fraction of sp³-hybridized carbons (Fsp3) is 0.118. The van der Waals surface area contributed by atoms with Crippen molar-refractivity contribution in [2.75, 3.05) is 11.9 Å². The van der Waals surface area contributed by atoms with Crippen molar-refractivity contribution in [3.8, 4) is 0 Å². The molecule has 3 nitrogen and oxygen atoms in total. The quantitative estimate of drug-likeness (QED) is 0.684. The third kappa shape index (κ3) is 2.85. The minimum Gasteiger partial charge on any atom is -0.378 e. The average Bonchev–Trinajstić information content (AvgIpc) is 2.82. The minimum atomic E-state index is 0.0906. The molecule has 106 valence electrons. The zero-order chi connectivity index (χ0) is 14.8. The van der Waals surface area contributed by atoms with Crippen LogP contribution in [0.15, 0.2) is 53.0 Å². The highest BCUT2D eigenvalue weighted by Gasteiger charge is 2.15. The van der Waals surface area contributed by atoms with E-state index >= 15 is 0 Å². The Balaban J connectivity index is 1.81. The largest absolute Gasteiger partial charge is 0.378 e. The van der Waals surface area contributed by atoms with Gasteiger partial charge in [-0.15, -0.1) is 0 Å². The summed E-state index contributed by atoms with van der Waals surface area (Å²) < 4.78 is 1.02. The van der Waals surface area contributed by atoms with Crippen molar-refractivity contribution in [1.82, 2.24) is 4.98 Å². The first kappa shape index (κ1) is 13.9. The maximum absolute atomic E-state index is 12.5. The summed E-state index contributed by atoms with van der Waals surface area (Å²) in [5, 5.41) is 4.15. The smallest absolute Gasteiger partial charge is 0.184 e. The molecule has 21 heavy (non-hydrogen) atoms. The van der Waals surface area contributed by atoms with Crippen LogP contribution in [0.5, 0.6) is 0 Å². The Morgan fingerprint density at radius 3 is 2.62 bits per heavy atom. The number of aromatic amines is 1. The molecule has 2 aromatic carbocycles. The predicted molar refractivity (Wildman–Crippen MR) is 90.0 cm³/mol. The number of ketones is 1. The van der Waals surface area contributed by atoms with Crippen molar-refractivity contribution in [2.24, 2.45) is 0 Å². The standard InChI is InChI=1S/C17H15BrN2O/c1-11-17(14-4-2-3-5-15(14)20-11)16(21)10-19-13-8-6-12(18)7-9-13/h2-9,19-20H,10H2,1H3. The maximum Gasteiger partial charge on any atom is 0.184 e. The minimum absolute atomic E-state index is 0.0906. The SMILES string of the molecule is Cc1[nH]c2ccccc2c1C(=O)CNc1ccc(Br)cc1. The number of nitrogens with one attached hydrogen (secondary N) is 2. The number of anilines is 1. The van der Waals surface area contributed by atoms with Gasteiger partial charge in [-0.1, -0.05) is 34.1 Å². The lowest BCUT2D eigenvalue weighted by atomic mass is 10.1. The second-order valence-electron chi connectivity index (χ2n) is 4.95. The summed E-state index contributed by atoms with van der Waals surface area (Å²) in [6.45, 7) is 2.22. The molecule has 0 amide bonds. The second kappa shape index (κ2) is 5.74. The van der Waals surface area contributed by atoms with Gasteiger partial charge >= 0.3 is 0 Å². The van der Waals surface area contributed by atoms with Gasteiger partial charge in [-0.2, -0.15) is 0 Å². The molecule has 2 N–H and O–H groups in total. The van der Waals surface area contributed by atoms with E-state index in [9.17, 15) is 4.79 Å². The fourth-order valence-corrected chi connectivity index (χ4v) is 2.74. The lowest BCUT2D eigenvalue weighted by molar-refractivity contribution is 0.101. The van der Waals surface area contributed by atoms with Crippen molar-refractivity contribution in [2.45, 2.75) is 6.92 Å². The van der Waals surface area contributed by atoms with E-state index in [0.29, 0.717) is 0 Å². The summed E-state index contributed by atoms with van der Waals surface area (Å²) in [6.07, 6.45) is 0. The molecule has 0 fully saturated rings. The zero-order valence-corrected chi connectivity index (χ0v) is 13.2. The van der Waals surface area contributed by atoms with E-state index in [0.717, 1.165) is 32.3 Å². The highest BCUT2D eigenvalue weighted by atomic mass is 79.9. The summed E-state index contributed by atoms with van der Waals surface area (Å²) in [4.78, 5) is 15.7. The van der Waals surface area contributed by atoms with Gasteiger partial charge in [0.05, 0.1) is 6.54 Å². The number of fused-ring (bicyclic) bond motifs is 1. The number of Topliss-reactive ketones (excluding diaryl/α,β-unsaturated/α-hetero) is 1. The number of carbonyl (C=O) groups is 1. The van der Waals surface area contributed by atoms with Crippen LogP contribution in [0.2, 0.25) is 0 Å². The highest BCUT2D eigenvalue weighted by molar-refractivity contribution is 9.10. The van der Waals surface area contributed by atoms with Crippen molar-refractivity contribution < 1.29 is 4.79 Å². The van der Waals surface area contributed by atoms with E-state index in [1.54, 1.807) is 0 Å². The lowest BCUT2D eigenvalue weighted by Gasteiger charge is -2.06. The normalized spacial score (nSPS) is 10.8. The average molecular weight is 343 g/mol. The van der Waals surface area contributed by atoms with Crippen molar-refractivity contribution in [3.05, 3.63) is 64.3 Å².